The van der Waals surface area contributed by atoms with Crippen LogP contribution in [0, 0.1) is 10.1 Å². The number of aliphatic carboxylic acids is 1. The van der Waals surface area contributed by atoms with E-state index in [2.05, 4.69) is 5.32 Å². The molecule has 2 rings (SSSR count). The van der Waals surface area contributed by atoms with Gasteiger partial charge in [-0.25, -0.2) is 4.79 Å². The van der Waals surface area contributed by atoms with Crippen LogP contribution in [0.15, 0.2) is 42.5 Å². The molecule has 0 aliphatic carbocycles. The number of hydrogen-bond donors (Lipinski definition) is 2. The van der Waals surface area contributed by atoms with E-state index in [1.807, 2.05) is 6.07 Å². The third kappa shape index (κ3) is 5.06. The van der Waals surface area contributed by atoms with Crippen molar-refractivity contribution in [3.8, 4) is 0 Å². The maximum absolute atomic E-state index is 11.9. The number of carboxylic acids is 1. The molecule has 0 aliphatic heterocycles. The molecule has 0 aliphatic rings. The van der Waals surface area contributed by atoms with Crippen molar-refractivity contribution in [1.82, 2.24) is 5.32 Å². The molecule has 1 aromatic heterocycles. The minimum atomic E-state index is -1.14. The summed E-state index contributed by atoms with van der Waals surface area (Å²) in [7, 11) is 0. The van der Waals surface area contributed by atoms with Gasteiger partial charge < -0.3 is 15.2 Å². The number of carbonyl (C=O) groups excluding carboxylic acids is 1. The number of amides is 1. The fraction of sp³-hybridized carbons (Fsp3) is 0.200. The molecule has 126 valence electrons. The summed E-state index contributed by atoms with van der Waals surface area (Å²) in [4.78, 5) is 33.4. The van der Waals surface area contributed by atoms with Gasteiger partial charge in [0.05, 0.1) is 17.4 Å². The highest BCUT2D eigenvalue weighted by atomic mass is 32.1. The fourth-order valence-electron chi connectivity index (χ4n) is 1.93. The van der Waals surface area contributed by atoms with Crippen LogP contribution in [-0.2, 0) is 16.1 Å². The van der Waals surface area contributed by atoms with Crippen molar-refractivity contribution in [2.75, 3.05) is 0 Å². The van der Waals surface area contributed by atoms with Crippen molar-refractivity contribution < 1.29 is 24.4 Å². The molecule has 1 atom stereocenters. The maximum Gasteiger partial charge on any atom is 0.407 e. The summed E-state index contributed by atoms with van der Waals surface area (Å²) in [6.45, 7) is 0.0387. The second kappa shape index (κ2) is 8.06. The summed E-state index contributed by atoms with van der Waals surface area (Å²) >= 11 is 0.815. The Bertz CT molecular complexity index is 731. The van der Waals surface area contributed by atoms with Gasteiger partial charge in [0, 0.05) is 10.9 Å². The molecule has 0 spiro atoms. The van der Waals surface area contributed by atoms with Crippen LogP contribution >= 0.6 is 11.3 Å². The minimum absolute atomic E-state index is 0.0387. The number of carbonyl (C=O) groups is 2. The summed E-state index contributed by atoms with van der Waals surface area (Å²) in [6, 6.07) is 10.8. The lowest BCUT2D eigenvalue weighted by atomic mass is 10.2. The van der Waals surface area contributed by atoms with Crippen molar-refractivity contribution in [3.63, 3.8) is 0 Å². The van der Waals surface area contributed by atoms with Gasteiger partial charge in [-0.2, -0.15) is 0 Å². The van der Waals surface area contributed by atoms with E-state index < -0.39 is 29.4 Å². The Labute approximate surface area is 140 Å². The highest BCUT2D eigenvalue weighted by Crippen LogP contribution is 2.30. The van der Waals surface area contributed by atoms with Crippen LogP contribution in [0.1, 0.15) is 22.9 Å². The third-order valence-corrected chi connectivity index (χ3v) is 4.17. The van der Waals surface area contributed by atoms with Crippen molar-refractivity contribution in [2.24, 2.45) is 0 Å². The first-order chi connectivity index (χ1) is 11.5. The van der Waals surface area contributed by atoms with Gasteiger partial charge in [0.15, 0.2) is 0 Å². The molecule has 1 heterocycles. The Morgan fingerprint density at radius 1 is 1.25 bits per heavy atom. The second-order valence-corrected chi connectivity index (χ2v) is 5.88. The standard InChI is InChI=1S/C15H14N2O6S/c18-14(19)8-11(12-6-7-13(24-12)17(21)22)16-15(20)23-9-10-4-2-1-3-5-10/h1-7,11H,8-9H2,(H,16,20)(H,18,19)/t11-/m1/s1. The first-order valence-corrected chi connectivity index (χ1v) is 7.70. The number of nitro groups is 1. The monoisotopic (exact) mass is 350 g/mol. The van der Waals surface area contributed by atoms with Gasteiger partial charge >= 0.3 is 17.1 Å². The molecule has 0 unspecified atom stereocenters. The van der Waals surface area contributed by atoms with E-state index in [1.165, 1.54) is 12.1 Å². The lowest BCUT2D eigenvalue weighted by Crippen LogP contribution is -2.30. The number of hydrogen-bond acceptors (Lipinski definition) is 6. The topological polar surface area (TPSA) is 119 Å². The van der Waals surface area contributed by atoms with Gasteiger partial charge in [0.2, 0.25) is 0 Å². The van der Waals surface area contributed by atoms with E-state index in [0.717, 1.165) is 16.9 Å². The zero-order chi connectivity index (χ0) is 17.5. The number of carboxylic acid groups (broad SMARTS) is 1. The normalized spacial score (nSPS) is 11.5. The number of nitrogens with one attached hydrogen (secondary N) is 1. The highest BCUT2D eigenvalue weighted by molar-refractivity contribution is 7.15. The smallest absolute Gasteiger partial charge is 0.407 e. The summed E-state index contributed by atoms with van der Waals surface area (Å²) in [5, 5.41) is 22.0. The molecule has 0 bridgehead atoms. The van der Waals surface area contributed by atoms with E-state index in [0.29, 0.717) is 4.88 Å². The Morgan fingerprint density at radius 2 is 1.96 bits per heavy atom. The van der Waals surface area contributed by atoms with Gasteiger partial charge in [-0.05, 0) is 11.6 Å². The molecule has 1 aromatic carbocycles. The number of ether oxygens (including phenoxy) is 1. The van der Waals surface area contributed by atoms with E-state index in [1.54, 1.807) is 24.3 Å². The number of alkyl carbamates (subject to hydrolysis) is 1. The molecule has 9 heteroatoms. The Morgan fingerprint density at radius 3 is 2.54 bits per heavy atom. The second-order valence-electron chi connectivity index (χ2n) is 4.79. The van der Waals surface area contributed by atoms with Crippen molar-refractivity contribution in [3.05, 3.63) is 63.0 Å². The zero-order valence-corrected chi connectivity index (χ0v) is 13.2. The van der Waals surface area contributed by atoms with E-state index in [-0.39, 0.29) is 11.6 Å². The fourth-order valence-corrected chi connectivity index (χ4v) is 2.80. The summed E-state index contributed by atoms with van der Waals surface area (Å²) in [5.74, 6) is -1.14. The Balaban J connectivity index is 2.00. The Hall–Kier alpha value is -2.94. The van der Waals surface area contributed by atoms with Gasteiger partial charge in [-0.1, -0.05) is 41.7 Å². The number of thiophene rings is 1. The average molecular weight is 350 g/mol. The predicted octanol–water partition coefficient (Wildman–Crippen LogP) is 3.10. The average Bonchev–Trinajstić information content (AvgIpc) is 3.03. The van der Waals surface area contributed by atoms with Crippen molar-refractivity contribution in [1.29, 1.82) is 0 Å². The predicted molar refractivity (Wildman–Crippen MR) is 85.7 cm³/mol. The first-order valence-electron chi connectivity index (χ1n) is 6.89. The summed E-state index contributed by atoms with van der Waals surface area (Å²) < 4.78 is 5.04. The lowest BCUT2D eigenvalue weighted by Gasteiger charge is -2.15. The van der Waals surface area contributed by atoms with Crippen LogP contribution < -0.4 is 5.32 Å². The number of benzene rings is 1. The van der Waals surface area contributed by atoms with Gasteiger partial charge in [-0.15, -0.1) is 0 Å². The number of nitrogens with zero attached hydrogens (tertiary/aromatic N) is 1. The van der Waals surface area contributed by atoms with Crippen molar-refractivity contribution >= 4 is 28.4 Å². The quantitative estimate of drug-likeness (QED) is 0.585. The lowest BCUT2D eigenvalue weighted by molar-refractivity contribution is -0.380. The molecular weight excluding hydrogens is 336 g/mol. The Kier molecular flexibility index (Phi) is 5.85. The molecule has 2 N–H and O–H groups in total. The highest BCUT2D eigenvalue weighted by Gasteiger charge is 2.23. The molecule has 8 nitrogen and oxygen atoms in total. The van der Waals surface area contributed by atoms with Gasteiger partial charge in [0.1, 0.15) is 6.61 Å². The van der Waals surface area contributed by atoms with Crippen LogP contribution in [0.4, 0.5) is 9.80 Å². The maximum atomic E-state index is 11.9. The van der Waals surface area contributed by atoms with Gasteiger partial charge in [-0.3, -0.25) is 14.9 Å². The van der Waals surface area contributed by atoms with E-state index in [9.17, 15) is 19.7 Å². The largest absolute Gasteiger partial charge is 0.481 e. The molecule has 0 fully saturated rings. The molecule has 0 radical (unpaired) electrons. The van der Waals surface area contributed by atoms with Gasteiger partial charge in [0.25, 0.3) is 0 Å². The number of rotatable bonds is 7. The molecular formula is C15H14N2O6S. The zero-order valence-electron chi connectivity index (χ0n) is 12.4. The summed E-state index contributed by atoms with van der Waals surface area (Å²) in [5.41, 5.74) is 0.786. The van der Waals surface area contributed by atoms with Crippen LogP contribution in [0.3, 0.4) is 0 Å². The molecule has 0 saturated carbocycles. The molecule has 24 heavy (non-hydrogen) atoms. The third-order valence-electron chi connectivity index (χ3n) is 3.02. The van der Waals surface area contributed by atoms with Crippen LogP contribution in [0.5, 0.6) is 0 Å². The van der Waals surface area contributed by atoms with Crippen LogP contribution in [-0.4, -0.2) is 22.1 Å². The van der Waals surface area contributed by atoms with Crippen LogP contribution in [0.25, 0.3) is 0 Å². The minimum Gasteiger partial charge on any atom is -0.481 e. The van der Waals surface area contributed by atoms with Crippen LogP contribution in [0.2, 0.25) is 0 Å². The van der Waals surface area contributed by atoms with E-state index >= 15 is 0 Å². The first kappa shape index (κ1) is 17.4. The van der Waals surface area contributed by atoms with Crippen molar-refractivity contribution in [2.45, 2.75) is 19.1 Å². The molecule has 0 saturated heterocycles. The molecule has 1 amide bonds. The summed E-state index contributed by atoms with van der Waals surface area (Å²) in [6.07, 6.45) is -1.20. The molecule has 2 aromatic rings. The SMILES string of the molecule is O=C(O)C[C@@H](NC(=O)OCc1ccccc1)c1ccc([N+](=O)[O-])s1. The van der Waals surface area contributed by atoms with E-state index in [4.69, 9.17) is 9.84 Å².